The fourth-order valence-electron chi connectivity index (χ4n) is 2.68. The van der Waals surface area contributed by atoms with Crippen LogP contribution in [0.1, 0.15) is 25.3 Å². The lowest BCUT2D eigenvalue weighted by Gasteiger charge is -2.23. The van der Waals surface area contributed by atoms with Gasteiger partial charge in [-0.15, -0.1) is 0 Å². The normalized spacial score (nSPS) is 17.4. The molecule has 1 atom stereocenters. The molecule has 1 aliphatic rings. The summed E-state index contributed by atoms with van der Waals surface area (Å²) in [4.78, 5) is 24.5. The number of hydrogen-bond donors (Lipinski definition) is 1. The third-order valence-electron chi connectivity index (χ3n) is 4.00. The molecule has 23 heavy (non-hydrogen) atoms. The van der Waals surface area contributed by atoms with Crippen LogP contribution in [0.2, 0.25) is 0 Å². The molecule has 1 fully saturated rings. The maximum atomic E-state index is 12.2. The number of anilines is 1. The summed E-state index contributed by atoms with van der Waals surface area (Å²) in [7, 11) is 0. The van der Waals surface area contributed by atoms with Crippen molar-refractivity contribution in [2.45, 2.75) is 32.8 Å². The predicted molar refractivity (Wildman–Crippen MR) is 87.6 cm³/mol. The molecule has 0 aliphatic carbocycles. The average molecular weight is 321 g/mol. The van der Waals surface area contributed by atoms with Crippen molar-refractivity contribution < 1.29 is 14.5 Å². The summed E-state index contributed by atoms with van der Waals surface area (Å²) in [6.45, 7) is 6.37. The van der Waals surface area contributed by atoms with Crippen LogP contribution < -0.4 is 5.32 Å². The number of aryl methyl sites for hydroxylation is 1. The van der Waals surface area contributed by atoms with Gasteiger partial charge in [0, 0.05) is 31.0 Å². The van der Waals surface area contributed by atoms with Gasteiger partial charge in [-0.2, -0.15) is 0 Å². The minimum Gasteiger partial charge on any atom is -0.377 e. The van der Waals surface area contributed by atoms with Gasteiger partial charge in [0.1, 0.15) is 0 Å². The number of likely N-dealkylation sites (N-methyl/N-ethyl adjacent to an activating group) is 1. The Kier molecular flexibility index (Phi) is 6.06. The largest absolute Gasteiger partial charge is 0.377 e. The molecule has 1 N–H and O–H groups in total. The first-order valence-corrected chi connectivity index (χ1v) is 7.88. The number of hydrogen-bond acceptors (Lipinski definition) is 5. The molecule has 7 nitrogen and oxygen atoms in total. The summed E-state index contributed by atoms with van der Waals surface area (Å²) in [6, 6.07) is 4.42. The third kappa shape index (κ3) is 5.01. The molecule has 1 aliphatic heterocycles. The molecule has 0 saturated carbocycles. The lowest BCUT2D eigenvalue weighted by atomic mass is 10.2. The van der Waals surface area contributed by atoms with Gasteiger partial charge in [0.25, 0.3) is 5.69 Å². The smallest absolute Gasteiger partial charge is 0.269 e. The van der Waals surface area contributed by atoms with Crippen molar-refractivity contribution in [1.29, 1.82) is 0 Å². The van der Waals surface area contributed by atoms with Crippen LogP contribution in [0.15, 0.2) is 18.2 Å². The highest BCUT2D eigenvalue weighted by Crippen LogP contribution is 2.21. The zero-order chi connectivity index (χ0) is 16.8. The van der Waals surface area contributed by atoms with E-state index < -0.39 is 4.92 Å². The number of carbonyl (C=O) groups excluding carboxylic acids is 1. The first-order valence-electron chi connectivity index (χ1n) is 7.88. The Balaban J connectivity index is 1.91. The van der Waals surface area contributed by atoms with Gasteiger partial charge in [0.15, 0.2) is 0 Å². The van der Waals surface area contributed by atoms with E-state index in [0.29, 0.717) is 11.3 Å². The van der Waals surface area contributed by atoms with E-state index in [-0.39, 0.29) is 24.2 Å². The second-order valence-corrected chi connectivity index (χ2v) is 5.77. The van der Waals surface area contributed by atoms with E-state index >= 15 is 0 Å². The van der Waals surface area contributed by atoms with E-state index in [2.05, 4.69) is 5.32 Å². The van der Waals surface area contributed by atoms with Gasteiger partial charge in [-0.3, -0.25) is 19.8 Å². The molecule has 0 spiro atoms. The quantitative estimate of drug-likeness (QED) is 0.615. The van der Waals surface area contributed by atoms with Gasteiger partial charge >= 0.3 is 0 Å². The van der Waals surface area contributed by atoms with Crippen LogP contribution in [-0.4, -0.2) is 48.1 Å². The molecule has 126 valence electrons. The van der Waals surface area contributed by atoms with Crippen LogP contribution in [0.4, 0.5) is 11.4 Å². The Bertz CT molecular complexity index is 570. The summed E-state index contributed by atoms with van der Waals surface area (Å²) in [5.41, 5.74) is 1.30. The lowest BCUT2D eigenvalue weighted by Crippen LogP contribution is -2.38. The first kappa shape index (κ1) is 17.4. The minimum atomic E-state index is -0.445. The number of ether oxygens (including phenoxy) is 1. The maximum absolute atomic E-state index is 12.2. The number of non-ortho nitro benzene ring substituents is 1. The van der Waals surface area contributed by atoms with Crippen LogP contribution in [0.3, 0.4) is 0 Å². The predicted octanol–water partition coefficient (Wildman–Crippen LogP) is 2.34. The molecule has 0 radical (unpaired) electrons. The molecular weight excluding hydrogens is 298 g/mol. The average Bonchev–Trinajstić information content (AvgIpc) is 3.01. The fraction of sp³-hybridized carbons (Fsp3) is 0.562. The highest BCUT2D eigenvalue weighted by Gasteiger charge is 2.20. The number of nitrogens with zero attached hydrogens (tertiary/aromatic N) is 2. The lowest BCUT2D eigenvalue weighted by molar-refractivity contribution is -0.384. The van der Waals surface area contributed by atoms with Crippen molar-refractivity contribution >= 4 is 17.3 Å². The SMILES string of the molecule is CCN(CC(=O)Nc1ccc([N+](=O)[O-])cc1C)C[C@@H]1CCCO1. The van der Waals surface area contributed by atoms with Crippen LogP contribution in [-0.2, 0) is 9.53 Å². The van der Waals surface area contributed by atoms with Gasteiger partial charge in [-0.05, 0) is 37.9 Å². The van der Waals surface area contributed by atoms with Crippen LogP contribution in [0.5, 0.6) is 0 Å². The summed E-state index contributed by atoms with van der Waals surface area (Å²) in [5.74, 6) is -0.123. The van der Waals surface area contributed by atoms with E-state index in [4.69, 9.17) is 4.74 Å². The molecule has 2 rings (SSSR count). The number of benzene rings is 1. The van der Waals surface area contributed by atoms with E-state index in [1.807, 2.05) is 11.8 Å². The molecule has 1 heterocycles. The molecule has 0 unspecified atom stereocenters. The fourth-order valence-corrected chi connectivity index (χ4v) is 2.68. The number of amides is 1. The monoisotopic (exact) mass is 321 g/mol. The van der Waals surface area contributed by atoms with Crippen molar-refractivity contribution in [2.75, 3.05) is 31.6 Å². The topological polar surface area (TPSA) is 84.7 Å². The van der Waals surface area contributed by atoms with Crippen molar-refractivity contribution in [3.63, 3.8) is 0 Å². The van der Waals surface area contributed by atoms with E-state index in [9.17, 15) is 14.9 Å². The van der Waals surface area contributed by atoms with Gasteiger partial charge < -0.3 is 10.1 Å². The second-order valence-electron chi connectivity index (χ2n) is 5.77. The Hall–Kier alpha value is -1.99. The van der Waals surface area contributed by atoms with E-state index in [0.717, 1.165) is 32.5 Å². The summed E-state index contributed by atoms with van der Waals surface area (Å²) < 4.78 is 5.60. The van der Waals surface area contributed by atoms with Crippen LogP contribution in [0.25, 0.3) is 0 Å². The number of nitro benzene ring substituents is 1. The number of nitro groups is 1. The van der Waals surface area contributed by atoms with Crippen molar-refractivity contribution in [1.82, 2.24) is 4.90 Å². The van der Waals surface area contributed by atoms with Gasteiger partial charge in [0.2, 0.25) is 5.91 Å². The number of carbonyl (C=O) groups is 1. The summed E-state index contributed by atoms with van der Waals surface area (Å²) in [6.07, 6.45) is 2.33. The molecule has 0 bridgehead atoms. The van der Waals surface area contributed by atoms with Crippen LogP contribution >= 0.6 is 0 Å². The molecule has 1 saturated heterocycles. The first-order chi connectivity index (χ1) is 11.0. The second kappa shape index (κ2) is 8.03. The highest BCUT2D eigenvalue weighted by molar-refractivity contribution is 5.93. The third-order valence-corrected chi connectivity index (χ3v) is 4.00. The molecule has 1 aromatic rings. The van der Waals surface area contributed by atoms with E-state index in [1.54, 1.807) is 13.0 Å². The summed E-state index contributed by atoms with van der Waals surface area (Å²) >= 11 is 0. The minimum absolute atomic E-state index is 0.0223. The summed E-state index contributed by atoms with van der Waals surface area (Å²) in [5, 5.41) is 13.6. The highest BCUT2D eigenvalue weighted by atomic mass is 16.6. The van der Waals surface area contributed by atoms with Crippen LogP contribution in [0, 0.1) is 17.0 Å². The Morgan fingerprint density at radius 2 is 2.30 bits per heavy atom. The zero-order valence-electron chi connectivity index (χ0n) is 13.6. The van der Waals surface area contributed by atoms with Crippen molar-refractivity contribution in [2.24, 2.45) is 0 Å². The maximum Gasteiger partial charge on any atom is 0.269 e. The van der Waals surface area contributed by atoms with Crippen molar-refractivity contribution in [3.8, 4) is 0 Å². The van der Waals surface area contributed by atoms with E-state index in [1.165, 1.54) is 12.1 Å². The molecular formula is C16H23N3O4. The van der Waals surface area contributed by atoms with Gasteiger partial charge in [-0.25, -0.2) is 0 Å². The Morgan fingerprint density at radius 3 is 2.87 bits per heavy atom. The Morgan fingerprint density at radius 1 is 1.52 bits per heavy atom. The van der Waals surface area contributed by atoms with Gasteiger partial charge in [0.05, 0.1) is 17.6 Å². The molecule has 1 amide bonds. The Labute approximate surface area is 135 Å². The van der Waals surface area contributed by atoms with Gasteiger partial charge in [-0.1, -0.05) is 6.92 Å². The molecule has 0 aromatic heterocycles. The molecule has 7 heteroatoms. The number of rotatable bonds is 7. The zero-order valence-corrected chi connectivity index (χ0v) is 13.6. The number of nitrogens with one attached hydrogen (secondary N) is 1. The molecule has 1 aromatic carbocycles. The standard InChI is InChI=1S/C16H23N3O4/c1-3-18(10-14-5-4-8-23-14)11-16(20)17-15-7-6-13(19(21)22)9-12(15)2/h6-7,9,14H,3-5,8,10-11H2,1-2H3,(H,17,20)/t14-/m0/s1. The van der Waals surface area contributed by atoms with Crippen molar-refractivity contribution in [3.05, 3.63) is 33.9 Å².